The molecule has 0 spiro atoms. The molecule has 0 saturated heterocycles. The fraction of sp³-hybridized carbons (Fsp3) is 0.275. The topological polar surface area (TPSA) is 167 Å². The lowest BCUT2D eigenvalue weighted by Gasteiger charge is -2.27. The number of rotatable bonds is 12. The van der Waals surface area contributed by atoms with Gasteiger partial charge in [0.25, 0.3) is 10.1 Å². The predicted octanol–water partition coefficient (Wildman–Crippen LogP) is 7.09. The molecular weight excluding hydrogens is 749 g/mol. The van der Waals surface area contributed by atoms with Gasteiger partial charge in [0, 0.05) is 47.5 Å². The minimum Gasteiger partial charge on any atom is -0.748 e. The van der Waals surface area contributed by atoms with Crippen LogP contribution < -0.4 is 9.08 Å². The van der Waals surface area contributed by atoms with E-state index in [1.54, 1.807) is 24.3 Å². The summed E-state index contributed by atoms with van der Waals surface area (Å²) in [7, 11) is -8.83. The quantitative estimate of drug-likeness (QED) is 0.0677. The van der Waals surface area contributed by atoms with Crippen molar-refractivity contribution in [2.24, 2.45) is 0 Å². The summed E-state index contributed by atoms with van der Waals surface area (Å²) in [5.41, 5.74) is 4.67. The molecular formula is C40H41N2O9S3-. The van der Waals surface area contributed by atoms with Crippen LogP contribution in [0.1, 0.15) is 52.2 Å². The second-order valence-corrected chi connectivity index (χ2v) is 17.8. The summed E-state index contributed by atoms with van der Waals surface area (Å²) in [4.78, 5) is 1.70. The van der Waals surface area contributed by atoms with Crippen LogP contribution >= 0.6 is 0 Å². The molecule has 0 amide bonds. The Morgan fingerprint density at radius 3 is 2.19 bits per heavy atom. The number of hydrogen-bond acceptors (Lipinski definition) is 9. The van der Waals surface area contributed by atoms with E-state index in [1.807, 2.05) is 79.5 Å². The number of benzene rings is 4. The maximum Gasteiger partial charge on any atom is 0.294 e. The van der Waals surface area contributed by atoms with Crippen molar-refractivity contribution in [2.75, 3.05) is 23.7 Å². The predicted molar refractivity (Wildman–Crippen MR) is 211 cm³/mol. The molecule has 0 aliphatic carbocycles. The van der Waals surface area contributed by atoms with E-state index in [2.05, 4.69) is 31.4 Å². The van der Waals surface area contributed by atoms with Gasteiger partial charge in [-0.3, -0.25) is 4.55 Å². The summed E-state index contributed by atoms with van der Waals surface area (Å²) in [5, 5.41) is 3.24. The average Bonchev–Trinajstić information content (AvgIpc) is 3.44. The third-order valence-corrected chi connectivity index (χ3v) is 11.9. The summed E-state index contributed by atoms with van der Waals surface area (Å²) in [6.45, 7) is 11.2. The van der Waals surface area contributed by atoms with E-state index in [9.17, 15) is 34.7 Å². The Bertz CT molecular complexity index is 2580. The normalized spacial score (nSPS) is 18.2. The molecule has 6 rings (SSSR count). The third kappa shape index (κ3) is 7.59. The van der Waals surface area contributed by atoms with Gasteiger partial charge < -0.3 is 18.2 Å². The summed E-state index contributed by atoms with van der Waals surface area (Å²) in [6.07, 6.45) is 14.4. The minimum atomic E-state index is -4.50. The molecule has 2 aliphatic rings. The van der Waals surface area contributed by atoms with Crippen LogP contribution in [0.2, 0.25) is 0 Å². The van der Waals surface area contributed by atoms with Crippen molar-refractivity contribution >= 4 is 70.2 Å². The van der Waals surface area contributed by atoms with Gasteiger partial charge in [-0.2, -0.15) is 13.0 Å². The molecule has 11 nitrogen and oxygen atoms in total. The first kappa shape index (κ1) is 39.3. The van der Waals surface area contributed by atoms with Crippen molar-refractivity contribution in [3.8, 4) is 5.75 Å². The van der Waals surface area contributed by atoms with Crippen LogP contribution in [0.3, 0.4) is 0 Å². The summed E-state index contributed by atoms with van der Waals surface area (Å²) in [6, 6.07) is 17.2. The standard InChI is InChI=1S/C40H42N2O9S3/c1-6-22-41-33-21-15-28-26-30(54(48,49)50)17-19-32(28)38(33)39(2,3)35(41)12-10-8-7-9-11-13-36-40(4,5)37-31-18-16-29(51-52(43)44)25-27(31)14-20-34(37)42(36)23-24-53(45,46)47/h7-21,25-26H,6,22-24H2,1-5H3,(H2-,43,44,45,46,47,48,49,50)/p-1. The van der Waals surface area contributed by atoms with Crippen molar-refractivity contribution in [3.05, 3.63) is 120 Å². The van der Waals surface area contributed by atoms with Gasteiger partial charge >= 0.3 is 0 Å². The van der Waals surface area contributed by atoms with Crippen LogP contribution in [-0.2, 0) is 42.4 Å². The van der Waals surface area contributed by atoms with E-state index in [0.717, 1.165) is 68.4 Å². The highest BCUT2D eigenvalue weighted by molar-refractivity contribution is 7.86. The van der Waals surface area contributed by atoms with Crippen molar-refractivity contribution in [1.29, 1.82) is 0 Å². The van der Waals surface area contributed by atoms with E-state index in [1.165, 1.54) is 12.1 Å². The Balaban J connectivity index is 1.28. The number of hydrogen-bond donors (Lipinski definition) is 1. The van der Waals surface area contributed by atoms with Crippen molar-refractivity contribution in [3.63, 3.8) is 0 Å². The fourth-order valence-corrected chi connectivity index (χ4v) is 9.01. The summed E-state index contributed by atoms with van der Waals surface area (Å²) in [5.74, 6) is -0.410. The molecule has 1 unspecified atom stereocenters. The molecule has 1 atom stereocenters. The highest BCUT2D eigenvalue weighted by Gasteiger charge is 2.45. The van der Waals surface area contributed by atoms with E-state index < -0.39 is 48.2 Å². The number of anilines is 1. The third-order valence-electron chi connectivity index (χ3n) is 10.1. The SMILES string of the molecule is CCC[N+]1=C(/C=C/C=C/C=C/C=C2\N(CCS(=O)(=O)[O-])c3ccc4cc(OS(=O)[O-])ccc4c3C2(C)C)C(C)(C)c2c1ccc1cc(S(=O)(=O)O)ccc21. The van der Waals surface area contributed by atoms with Gasteiger partial charge in [0.05, 0.1) is 26.2 Å². The highest BCUT2D eigenvalue weighted by atomic mass is 32.2. The first-order valence-electron chi connectivity index (χ1n) is 17.3. The Hall–Kier alpha value is -4.44. The molecule has 14 heteroatoms. The van der Waals surface area contributed by atoms with Crippen molar-refractivity contribution < 1.29 is 43.5 Å². The lowest BCUT2D eigenvalue weighted by molar-refractivity contribution is -0.437. The molecule has 284 valence electrons. The van der Waals surface area contributed by atoms with Gasteiger partial charge in [-0.25, -0.2) is 12.6 Å². The smallest absolute Gasteiger partial charge is 0.294 e. The van der Waals surface area contributed by atoms with Crippen LogP contribution in [0, 0.1) is 0 Å². The van der Waals surface area contributed by atoms with Crippen molar-refractivity contribution in [1.82, 2.24) is 0 Å². The van der Waals surface area contributed by atoms with Gasteiger partial charge in [0.1, 0.15) is 23.7 Å². The maximum atomic E-state index is 11.8. The van der Waals surface area contributed by atoms with Gasteiger partial charge in [-0.1, -0.05) is 69.4 Å². The molecule has 2 heterocycles. The van der Waals surface area contributed by atoms with E-state index in [-0.39, 0.29) is 17.2 Å². The average molecular weight is 790 g/mol. The van der Waals surface area contributed by atoms with Crippen LogP contribution in [0.25, 0.3) is 21.5 Å². The number of fused-ring (bicyclic) bond motifs is 6. The second kappa shape index (κ2) is 14.7. The molecule has 4 aromatic rings. The van der Waals surface area contributed by atoms with E-state index >= 15 is 0 Å². The Morgan fingerprint density at radius 1 is 0.852 bits per heavy atom. The zero-order valence-corrected chi connectivity index (χ0v) is 32.9. The molecule has 0 radical (unpaired) electrons. The summed E-state index contributed by atoms with van der Waals surface area (Å²) < 4.78 is 97.6. The molecule has 0 aromatic heterocycles. The molecule has 1 N–H and O–H groups in total. The maximum absolute atomic E-state index is 11.8. The molecule has 54 heavy (non-hydrogen) atoms. The lowest BCUT2D eigenvalue weighted by Crippen LogP contribution is -2.30. The van der Waals surface area contributed by atoms with E-state index in [4.69, 9.17) is 4.18 Å². The van der Waals surface area contributed by atoms with Gasteiger partial charge in [-0.15, -0.1) is 0 Å². The number of nitrogens with zero attached hydrogens (tertiary/aromatic N) is 2. The van der Waals surface area contributed by atoms with Gasteiger partial charge in [-0.05, 0) is 83.4 Å². The molecule has 4 aromatic carbocycles. The Kier molecular flexibility index (Phi) is 10.7. The first-order valence-corrected chi connectivity index (χ1v) is 21.3. The number of allylic oxidation sites excluding steroid dienone is 8. The van der Waals surface area contributed by atoms with Crippen LogP contribution in [0.5, 0.6) is 5.75 Å². The summed E-state index contributed by atoms with van der Waals surface area (Å²) >= 11 is -2.72. The Labute approximate surface area is 318 Å². The lowest BCUT2D eigenvalue weighted by atomic mass is 9.79. The van der Waals surface area contributed by atoms with Gasteiger partial charge in [0.2, 0.25) is 5.69 Å². The minimum absolute atomic E-state index is 0.0373. The fourth-order valence-electron chi connectivity index (χ4n) is 7.83. The first-order chi connectivity index (χ1) is 25.3. The van der Waals surface area contributed by atoms with Crippen molar-refractivity contribution in [2.45, 2.75) is 56.8 Å². The van der Waals surface area contributed by atoms with Gasteiger partial charge in [0.15, 0.2) is 5.71 Å². The molecule has 2 aliphatic heterocycles. The van der Waals surface area contributed by atoms with Crippen LogP contribution in [0.4, 0.5) is 11.4 Å². The Morgan fingerprint density at radius 2 is 1.50 bits per heavy atom. The zero-order chi connectivity index (χ0) is 39.2. The molecule has 0 bridgehead atoms. The zero-order valence-electron chi connectivity index (χ0n) is 30.5. The molecule has 0 saturated carbocycles. The second-order valence-electron chi connectivity index (χ2n) is 14.3. The van der Waals surface area contributed by atoms with Crippen LogP contribution in [0.15, 0.2) is 114 Å². The highest BCUT2D eigenvalue weighted by Crippen LogP contribution is 2.51. The van der Waals surface area contributed by atoms with Crippen LogP contribution in [-0.4, -0.2) is 63.8 Å². The largest absolute Gasteiger partial charge is 0.748 e. The molecule has 0 fully saturated rings. The monoisotopic (exact) mass is 789 g/mol. The van der Waals surface area contributed by atoms with E-state index in [0.29, 0.717) is 0 Å².